The van der Waals surface area contributed by atoms with Gasteiger partial charge in [0.15, 0.2) is 0 Å². The van der Waals surface area contributed by atoms with Crippen LogP contribution in [0, 0.1) is 0 Å². The third-order valence-electron chi connectivity index (χ3n) is 3.70. The maximum absolute atomic E-state index is 11.3. The van der Waals surface area contributed by atoms with Crippen molar-refractivity contribution in [3.63, 3.8) is 0 Å². The van der Waals surface area contributed by atoms with E-state index in [1.54, 1.807) is 0 Å². The van der Waals surface area contributed by atoms with Crippen LogP contribution in [0.3, 0.4) is 0 Å². The fourth-order valence-electron chi connectivity index (χ4n) is 2.56. The molecule has 0 unspecified atom stereocenters. The summed E-state index contributed by atoms with van der Waals surface area (Å²) in [6.45, 7) is 7.82. The Morgan fingerprint density at radius 1 is 1.18 bits per heavy atom. The van der Waals surface area contributed by atoms with E-state index in [2.05, 4.69) is 16.7 Å². The number of hydrogen-bond acceptors (Lipinski definition) is 4. The molecule has 3 N–H and O–H groups in total. The molecule has 5 heteroatoms. The molecule has 1 fully saturated rings. The molecule has 0 bridgehead atoms. The summed E-state index contributed by atoms with van der Waals surface area (Å²) in [5.74, 6) is -0.227. The maximum Gasteiger partial charge on any atom is 0.234 e. The number of carbonyl (C=O) groups excluding carboxylic acids is 1. The zero-order chi connectivity index (χ0) is 12.8. The lowest BCUT2D eigenvalue weighted by Gasteiger charge is -2.40. The molecule has 1 rings (SSSR count). The highest BCUT2D eigenvalue weighted by molar-refractivity contribution is 5.79. The van der Waals surface area contributed by atoms with Crippen molar-refractivity contribution in [3.8, 4) is 0 Å². The van der Waals surface area contributed by atoms with Crippen LogP contribution in [-0.4, -0.2) is 65.7 Å². The highest BCUT2D eigenvalue weighted by Crippen LogP contribution is 2.12. The standard InChI is InChI=1S/C12H25N3O2/c1-3-10(9-16)14-5-7-15(8-6-14)11(4-2)12(13)17/h10-11,16H,3-9H2,1-2H3,(H2,13,17)/t10-,11+/m0/s1. The summed E-state index contributed by atoms with van der Waals surface area (Å²) in [6.07, 6.45) is 1.73. The van der Waals surface area contributed by atoms with Gasteiger partial charge in [0.05, 0.1) is 12.6 Å². The van der Waals surface area contributed by atoms with Gasteiger partial charge in [0.1, 0.15) is 0 Å². The molecule has 100 valence electrons. The van der Waals surface area contributed by atoms with Crippen molar-refractivity contribution in [1.29, 1.82) is 0 Å². The zero-order valence-corrected chi connectivity index (χ0v) is 10.9. The Labute approximate surface area is 104 Å². The van der Waals surface area contributed by atoms with Crippen molar-refractivity contribution in [2.45, 2.75) is 38.8 Å². The Bertz CT molecular complexity index is 236. The normalized spacial score (nSPS) is 22.3. The van der Waals surface area contributed by atoms with Crippen LogP contribution in [0.15, 0.2) is 0 Å². The molecule has 0 aromatic heterocycles. The van der Waals surface area contributed by atoms with Crippen LogP contribution in [0.1, 0.15) is 26.7 Å². The molecule has 1 aliphatic rings. The Hall–Kier alpha value is -0.650. The SMILES string of the molecule is CC[C@@H](CO)N1CCN([C@H](CC)C(N)=O)CC1. The van der Waals surface area contributed by atoms with Crippen molar-refractivity contribution >= 4 is 5.91 Å². The fraction of sp³-hybridized carbons (Fsp3) is 0.917. The molecule has 17 heavy (non-hydrogen) atoms. The van der Waals surface area contributed by atoms with Gasteiger partial charge in [0.2, 0.25) is 5.91 Å². The first-order chi connectivity index (χ1) is 8.13. The largest absolute Gasteiger partial charge is 0.395 e. The molecule has 0 saturated carbocycles. The van der Waals surface area contributed by atoms with E-state index in [1.807, 2.05) is 6.92 Å². The maximum atomic E-state index is 11.3. The van der Waals surface area contributed by atoms with Crippen molar-refractivity contribution in [3.05, 3.63) is 0 Å². The minimum atomic E-state index is -0.227. The summed E-state index contributed by atoms with van der Waals surface area (Å²) in [5.41, 5.74) is 5.39. The Morgan fingerprint density at radius 2 is 1.71 bits per heavy atom. The first-order valence-corrected chi connectivity index (χ1v) is 6.52. The molecule has 0 aliphatic carbocycles. The Kier molecular flexibility index (Phi) is 5.88. The van der Waals surface area contributed by atoms with Gasteiger partial charge < -0.3 is 10.8 Å². The Balaban J connectivity index is 2.47. The molecule has 2 atom stereocenters. The van der Waals surface area contributed by atoms with Gasteiger partial charge in [-0.3, -0.25) is 14.6 Å². The molecule has 0 aromatic carbocycles. The fourth-order valence-corrected chi connectivity index (χ4v) is 2.56. The topological polar surface area (TPSA) is 69.8 Å². The number of amides is 1. The number of aliphatic hydroxyl groups excluding tert-OH is 1. The number of nitrogens with zero attached hydrogens (tertiary/aromatic N) is 2. The van der Waals surface area contributed by atoms with E-state index in [1.165, 1.54) is 0 Å². The number of piperazine rings is 1. The summed E-state index contributed by atoms with van der Waals surface area (Å²) in [5, 5.41) is 9.26. The molecule has 1 aliphatic heterocycles. The quantitative estimate of drug-likeness (QED) is 0.668. The number of aliphatic hydroxyl groups is 1. The monoisotopic (exact) mass is 243 g/mol. The van der Waals surface area contributed by atoms with Crippen LogP contribution in [0.2, 0.25) is 0 Å². The van der Waals surface area contributed by atoms with Gasteiger partial charge >= 0.3 is 0 Å². The number of primary amides is 1. The van der Waals surface area contributed by atoms with Crippen LogP contribution in [0.4, 0.5) is 0 Å². The smallest absolute Gasteiger partial charge is 0.234 e. The number of rotatable bonds is 6. The summed E-state index contributed by atoms with van der Waals surface area (Å²) >= 11 is 0. The van der Waals surface area contributed by atoms with E-state index < -0.39 is 0 Å². The second kappa shape index (κ2) is 6.93. The molecular formula is C12H25N3O2. The third kappa shape index (κ3) is 3.66. The van der Waals surface area contributed by atoms with E-state index in [-0.39, 0.29) is 24.6 Å². The van der Waals surface area contributed by atoms with E-state index in [4.69, 9.17) is 5.73 Å². The zero-order valence-electron chi connectivity index (χ0n) is 10.9. The van der Waals surface area contributed by atoms with Crippen molar-refractivity contribution in [1.82, 2.24) is 9.80 Å². The summed E-state index contributed by atoms with van der Waals surface area (Å²) in [7, 11) is 0. The van der Waals surface area contributed by atoms with E-state index in [0.717, 1.165) is 39.0 Å². The van der Waals surface area contributed by atoms with Crippen molar-refractivity contribution in [2.24, 2.45) is 5.73 Å². The van der Waals surface area contributed by atoms with Crippen LogP contribution < -0.4 is 5.73 Å². The molecule has 1 saturated heterocycles. The molecule has 1 amide bonds. The lowest BCUT2D eigenvalue weighted by molar-refractivity contribution is -0.124. The number of carbonyl (C=O) groups is 1. The molecule has 1 heterocycles. The highest BCUT2D eigenvalue weighted by Gasteiger charge is 2.28. The minimum Gasteiger partial charge on any atom is -0.395 e. The highest BCUT2D eigenvalue weighted by atomic mass is 16.3. The van der Waals surface area contributed by atoms with Gasteiger partial charge in [0, 0.05) is 32.2 Å². The lowest BCUT2D eigenvalue weighted by atomic mass is 10.1. The number of hydrogen-bond donors (Lipinski definition) is 2. The van der Waals surface area contributed by atoms with Gasteiger partial charge in [-0.05, 0) is 12.8 Å². The average Bonchev–Trinajstić information content (AvgIpc) is 2.33. The van der Waals surface area contributed by atoms with E-state index in [9.17, 15) is 9.90 Å². The van der Waals surface area contributed by atoms with Crippen molar-refractivity contribution < 1.29 is 9.90 Å². The number of nitrogens with two attached hydrogens (primary N) is 1. The predicted molar refractivity (Wildman–Crippen MR) is 67.6 cm³/mol. The molecule has 5 nitrogen and oxygen atoms in total. The first-order valence-electron chi connectivity index (χ1n) is 6.52. The molecule has 0 spiro atoms. The van der Waals surface area contributed by atoms with Crippen LogP contribution >= 0.6 is 0 Å². The predicted octanol–water partition coefficient (Wildman–Crippen LogP) is -0.361. The van der Waals surface area contributed by atoms with Crippen LogP contribution in [-0.2, 0) is 4.79 Å². The van der Waals surface area contributed by atoms with Gasteiger partial charge in [-0.25, -0.2) is 0 Å². The minimum absolute atomic E-state index is 0.133. The van der Waals surface area contributed by atoms with Gasteiger partial charge in [-0.15, -0.1) is 0 Å². The lowest BCUT2D eigenvalue weighted by Crippen LogP contribution is -2.56. The Morgan fingerprint density at radius 3 is 2.06 bits per heavy atom. The van der Waals surface area contributed by atoms with Gasteiger partial charge in [-0.1, -0.05) is 13.8 Å². The second-order valence-electron chi connectivity index (χ2n) is 4.64. The summed E-state index contributed by atoms with van der Waals surface area (Å²) < 4.78 is 0. The van der Waals surface area contributed by atoms with Crippen LogP contribution in [0.5, 0.6) is 0 Å². The van der Waals surface area contributed by atoms with Gasteiger partial charge in [-0.2, -0.15) is 0 Å². The summed E-state index contributed by atoms with van der Waals surface area (Å²) in [6, 6.07) is 0.122. The molecular weight excluding hydrogens is 218 g/mol. The average molecular weight is 243 g/mol. The van der Waals surface area contributed by atoms with E-state index in [0.29, 0.717) is 0 Å². The van der Waals surface area contributed by atoms with E-state index >= 15 is 0 Å². The third-order valence-corrected chi connectivity index (χ3v) is 3.70. The summed E-state index contributed by atoms with van der Waals surface area (Å²) in [4.78, 5) is 15.7. The first kappa shape index (κ1) is 14.4. The second-order valence-corrected chi connectivity index (χ2v) is 4.64. The van der Waals surface area contributed by atoms with Crippen LogP contribution in [0.25, 0.3) is 0 Å². The van der Waals surface area contributed by atoms with Gasteiger partial charge in [0.25, 0.3) is 0 Å². The molecule has 0 aromatic rings. The molecule has 0 radical (unpaired) electrons. The van der Waals surface area contributed by atoms with Crippen molar-refractivity contribution in [2.75, 3.05) is 32.8 Å².